The summed E-state index contributed by atoms with van der Waals surface area (Å²) < 4.78 is 0. The first-order chi connectivity index (χ1) is 7.04. The highest BCUT2D eigenvalue weighted by Crippen LogP contribution is 2.48. The Balaban J connectivity index is 2.43. The van der Waals surface area contributed by atoms with Crippen molar-refractivity contribution in [2.45, 2.75) is 51.4 Å². The third-order valence-electron chi connectivity index (χ3n) is 3.58. The van der Waals surface area contributed by atoms with Crippen LogP contribution < -0.4 is 0 Å². The van der Waals surface area contributed by atoms with Crippen molar-refractivity contribution in [2.24, 2.45) is 0 Å². The largest absolute Gasteiger partial charge is 0.0843 e. The van der Waals surface area contributed by atoms with Crippen LogP contribution in [0.25, 0.3) is 0 Å². The summed E-state index contributed by atoms with van der Waals surface area (Å²) >= 11 is 6.08. The SMILES string of the molecule is CCCC1CC(C)(C)c2cc(Cl)ccc21. The lowest BCUT2D eigenvalue weighted by atomic mass is 9.85. The van der Waals surface area contributed by atoms with Crippen LogP contribution in [0.4, 0.5) is 0 Å². The summed E-state index contributed by atoms with van der Waals surface area (Å²) in [6, 6.07) is 6.42. The van der Waals surface area contributed by atoms with Crippen molar-refractivity contribution in [1.82, 2.24) is 0 Å². The van der Waals surface area contributed by atoms with Gasteiger partial charge in [0.05, 0.1) is 0 Å². The van der Waals surface area contributed by atoms with Crippen LogP contribution in [0.1, 0.15) is 57.1 Å². The highest BCUT2D eigenvalue weighted by atomic mass is 35.5. The molecule has 0 saturated carbocycles. The molecule has 0 heterocycles. The van der Waals surface area contributed by atoms with Gasteiger partial charge in [0.1, 0.15) is 0 Å². The number of halogens is 1. The number of benzene rings is 1. The van der Waals surface area contributed by atoms with Crippen LogP contribution in [0.3, 0.4) is 0 Å². The summed E-state index contributed by atoms with van der Waals surface area (Å²) in [5.41, 5.74) is 3.31. The van der Waals surface area contributed by atoms with E-state index in [2.05, 4.69) is 32.9 Å². The second-order valence-corrected chi connectivity index (χ2v) is 5.74. The van der Waals surface area contributed by atoms with Crippen molar-refractivity contribution in [3.63, 3.8) is 0 Å². The van der Waals surface area contributed by atoms with Gasteiger partial charge < -0.3 is 0 Å². The second-order valence-electron chi connectivity index (χ2n) is 5.31. The van der Waals surface area contributed by atoms with Crippen molar-refractivity contribution in [2.75, 3.05) is 0 Å². The van der Waals surface area contributed by atoms with E-state index >= 15 is 0 Å². The Hall–Kier alpha value is -0.490. The first-order valence-electron chi connectivity index (χ1n) is 5.84. The topological polar surface area (TPSA) is 0 Å². The van der Waals surface area contributed by atoms with Gasteiger partial charge in [0.25, 0.3) is 0 Å². The van der Waals surface area contributed by atoms with Gasteiger partial charge in [-0.3, -0.25) is 0 Å². The molecule has 15 heavy (non-hydrogen) atoms. The predicted molar refractivity (Wildman–Crippen MR) is 66.7 cm³/mol. The minimum atomic E-state index is 0.306. The predicted octanol–water partition coefficient (Wildman–Crippen LogP) is 4.91. The van der Waals surface area contributed by atoms with Gasteiger partial charge in [-0.25, -0.2) is 0 Å². The zero-order valence-corrected chi connectivity index (χ0v) is 10.6. The van der Waals surface area contributed by atoms with Crippen molar-refractivity contribution in [3.05, 3.63) is 34.3 Å². The first kappa shape index (κ1) is 11.0. The fourth-order valence-electron chi connectivity index (χ4n) is 2.91. The molecule has 0 radical (unpaired) electrons. The Morgan fingerprint density at radius 3 is 2.80 bits per heavy atom. The average Bonchev–Trinajstić information content (AvgIpc) is 2.39. The van der Waals surface area contributed by atoms with Crippen LogP contribution in [-0.4, -0.2) is 0 Å². The lowest BCUT2D eigenvalue weighted by Crippen LogP contribution is -2.12. The summed E-state index contributed by atoms with van der Waals surface area (Å²) in [6.07, 6.45) is 3.84. The average molecular weight is 223 g/mol. The van der Waals surface area contributed by atoms with E-state index in [1.54, 1.807) is 0 Å². The maximum atomic E-state index is 6.08. The summed E-state index contributed by atoms with van der Waals surface area (Å²) in [4.78, 5) is 0. The van der Waals surface area contributed by atoms with Gasteiger partial charge in [0.15, 0.2) is 0 Å². The first-order valence-corrected chi connectivity index (χ1v) is 6.22. The molecule has 2 rings (SSSR count). The van der Waals surface area contributed by atoms with E-state index in [9.17, 15) is 0 Å². The summed E-state index contributed by atoms with van der Waals surface area (Å²) in [7, 11) is 0. The molecule has 0 fully saturated rings. The summed E-state index contributed by atoms with van der Waals surface area (Å²) in [5.74, 6) is 0.747. The van der Waals surface area contributed by atoms with E-state index in [4.69, 9.17) is 11.6 Å². The van der Waals surface area contributed by atoms with E-state index in [1.165, 1.54) is 30.4 Å². The van der Waals surface area contributed by atoms with Gasteiger partial charge in [0, 0.05) is 5.02 Å². The Morgan fingerprint density at radius 1 is 1.40 bits per heavy atom. The Kier molecular flexibility index (Phi) is 2.81. The van der Waals surface area contributed by atoms with E-state index in [0.29, 0.717) is 5.41 Å². The minimum Gasteiger partial charge on any atom is -0.0843 e. The fourth-order valence-corrected chi connectivity index (χ4v) is 3.08. The van der Waals surface area contributed by atoms with E-state index in [0.717, 1.165) is 10.9 Å². The maximum Gasteiger partial charge on any atom is 0.0409 e. The minimum absolute atomic E-state index is 0.306. The van der Waals surface area contributed by atoms with Gasteiger partial charge in [-0.15, -0.1) is 0 Å². The molecule has 1 atom stereocenters. The number of hydrogen-bond acceptors (Lipinski definition) is 0. The molecule has 0 aliphatic heterocycles. The zero-order valence-electron chi connectivity index (χ0n) is 9.81. The van der Waals surface area contributed by atoms with Crippen LogP contribution in [0, 0.1) is 0 Å². The van der Waals surface area contributed by atoms with E-state index in [1.807, 2.05) is 6.07 Å². The van der Waals surface area contributed by atoms with Crippen LogP contribution in [0.2, 0.25) is 5.02 Å². The molecule has 1 aliphatic carbocycles. The lowest BCUT2D eigenvalue weighted by molar-refractivity contribution is 0.458. The molecule has 1 aromatic carbocycles. The third-order valence-corrected chi connectivity index (χ3v) is 3.81. The van der Waals surface area contributed by atoms with Gasteiger partial charge >= 0.3 is 0 Å². The van der Waals surface area contributed by atoms with Gasteiger partial charge in [-0.2, -0.15) is 0 Å². The van der Waals surface area contributed by atoms with Crippen LogP contribution >= 0.6 is 11.6 Å². The molecule has 0 bridgehead atoms. The van der Waals surface area contributed by atoms with Crippen molar-refractivity contribution >= 4 is 11.6 Å². The van der Waals surface area contributed by atoms with Crippen molar-refractivity contribution in [3.8, 4) is 0 Å². The summed E-state index contributed by atoms with van der Waals surface area (Å²) in [5, 5.41) is 0.874. The highest BCUT2D eigenvalue weighted by molar-refractivity contribution is 6.30. The molecule has 0 saturated heterocycles. The molecule has 0 spiro atoms. The van der Waals surface area contributed by atoms with Gasteiger partial charge in [-0.05, 0) is 47.4 Å². The van der Waals surface area contributed by atoms with E-state index < -0.39 is 0 Å². The van der Waals surface area contributed by atoms with Gasteiger partial charge in [-0.1, -0.05) is 44.9 Å². The number of rotatable bonds is 2. The monoisotopic (exact) mass is 222 g/mol. The van der Waals surface area contributed by atoms with Crippen molar-refractivity contribution < 1.29 is 0 Å². The molecule has 1 aromatic rings. The molecular formula is C14H19Cl. The second kappa shape index (κ2) is 3.83. The molecule has 0 nitrogen and oxygen atoms in total. The molecule has 0 aromatic heterocycles. The van der Waals surface area contributed by atoms with Gasteiger partial charge in [0.2, 0.25) is 0 Å². The molecule has 1 heteroatoms. The quantitative estimate of drug-likeness (QED) is 0.668. The van der Waals surface area contributed by atoms with Crippen LogP contribution in [-0.2, 0) is 5.41 Å². The molecule has 82 valence electrons. The highest BCUT2D eigenvalue weighted by Gasteiger charge is 2.35. The summed E-state index contributed by atoms with van der Waals surface area (Å²) in [6.45, 7) is 6.93. The maximum absolute atomic E-state index is 6.08. The molecule has 1 unspecified atom stereocenters. The number of fused-ring (bicyclic) bond motifs is 1. The third kappa shape index (κ3) is 1.92. The standard InChI is InChI=1S/C14H19Cl/c1-4-5-10-9-14(2,3)13-8-11(15)6-7-12(10)13/h6-8,10H,4-5,9H2,1-3H3. The molecular weight excluding hydrogens is 204 g/mol. The molecule has 0 amide bonds. The lowest BCUT2D eigenvalue weighted by Gasteiger charge is -2.19. The Bertz CT molecular complexity index is 366. The Labute approximate surface area is 97.6 Å². The molecule has 1 aliphatic rings. The Morgan fingerprint density at radius 2 is 2.13 bits per heavy atom. The molecule has 0 N–H and O–H groups in total. The van der Waals surface area contributed by atoms with Crippen molar-refractivity contribution in [1.29, 1.82) is 0 Å². The zero-order chi connectivity index (χ0) is 11.1. The van der Waals surface area contributed by atoms with E-state index in [-0.39, 0.29) is 0 Å². The number of hydrogen-bond donors (Lipinski definition) is 0. The fraction of sp³-hybridized carbons (Fsp3) is 0.571. The van der Waals surface area contributed by atoms with Crippen LogP contribution in [0.5, 0.6) is 0 Å². The van der Waals surface area contributed by atoms with Crippen LogP contribution in [0.15, 0.2) is 18.2 Å². The smallest absolute Gasteiger partial charge is 0.0409 e. The normalized spacial score (nSPS) is 22.8.